The maximum Gasteiger partial charge on any atom is 0.225 e. The van der Waals surface area contributed by atoms with Gasteiger partial charge in [0.2, 0.25) is 5.95 Å². The lowest BCUT2D eigenvalue weighted by Crippen LogP contribution is -2.32. The van der Waals surface area contributed by atoms with E-state index >= 15 is 0 Å². The Bertz CT molecular complexity index is 383. The van der Waals surface area contributed by atoms with Crippen LogP contribution in [0.5, 0.6) is 0 Å². The second kappa shape index (κ2) is 4.31. The molecule has 80 valence electrons. The number of hydrogen-bond donors (Lipinski definition) is 0. The number of rotatable bonds is 1. The van der Waals surface area contributed by atoms with Gasteiger partial charge in [-0.3, -0.25) is 0 Å². The summed E-state index contributed by atoms with van der Waals surface area (Å²) in [4.78, 5) is 10.8. The van der Waals surface area contributed by atoms with Gasteiger partial charge in [-0.15, -0.1) is 0 Å². The Hall–Kier alpha value is -0.900. The molecule has 1 aliphatic heterocycles. The summed E-state index contributed by atoms with van der Waals surface area (Å²) in [6, 6.07) is 0. The van der Waals surface area contributed by atoms with E-state index in [2.05, 4.69) is 44.6 Å². The second-order valence-corrected chi connectivity index (χ2v) is 4.85. The summed E-state index contributed by atoms with van der Waals surface area (Å²) in [5, 5.41) is 0. The standard InChI is InChI=1S/C11H14BrN3/c1-8-3-4-15(7-9(8)2)11-13-5-10(12)6-14-11/h5-6H,3-4,7H2,1-2H3. The van der Waals surface area contributed by atoms with E-state index in [1.165, 1.54) is 11.1 Å². The number of halogens is 1. The van der Waals surface area contributed by atoms with Crippen LogP contribution in [-0.4, -0.2) is 23.1 Å². The minimum Gasteiger partial charge on any atom is -0.337 e. The van der Waals surface area contributed by atoms with Crippen LogP contribution in [0, 0.1) is 0 Å². The van der Waals surface area contributed by atoms with Crippen molar-refractivity contribution < 1.29 is 0 Å². The van der Waals surface area contributed by atoms with Gasteiger partial charge in [0.05, 0.1) is 4.47 Å². The summed E-state index contributed by atoms with van der Waals surface area (Å²) in [6.45, 7) is 6.35. The Morgan fingerprint density at radius 3 is 2.47 bits per heavy atom. The molecule has 0 spiro atoms. The molecule has 1 aromatic heterocycles. The van der Waals surface area contributed by atoms with Crippen molar-refractivity contribution in [1.82, 2.24) is 9.97 Å². The third-order valence-electron chi connectivity index (χ3n) is 2.80. The molecule has 0 aromatic carbocycles. The molecule has 3 nitrogen and oxygen atoms in total. The maximum absolute atomic E-state index is 4.31. The third-order valence-corrected chi connectivity index (χ3v) is 3.21. The van der Waals surface area contributed by atoms with Crippen LogP contribution >= 0.6 is 15.9 Å². The summed E-state index contributed by atoms with van der Waals surface area (Å²) in [5.41, 5.74) is 2.94. The summed E-state index contributed by atoms with van der Waals surface area (Å²) >= 11 is 3.34. The Morgan fingerprint density at radius 2 is 1.87 bits per heavy atom. The van der Waals surface area contributed by atoms with Gasteiger partial charge in [-0.25, -0.2) is 9.97 Å². The van der Waals surface area contributed by atoms with E-state index in [1.807, 2.05) is 0 Å². The third kappa shape index (κ3) is 2.37. The quantitative estimate of drug-likeness (QED) is 0.733. The minimum absolute atomic E-state index is 0.824. The van der Waals surface area contributed by atoms with E-state index in [4.69, 9.17) is 0 Å². The molecule has 0 saturated heterocycles. The van der Waals surface area contributed by atoms with Gasteiger partial charge in [0.15, 0.2) is 0 Å². The summed E-state index contributed by atoms with van der Waals surface area (Å²) < 4.78 is 0.923. The van der Waals surface area contributed by atoms with E-state index in [-0.39, 0.29) is 0 Å². The molecule has 0 amide bonds. The molecule has 1 aliphatic rings. The van der Waals surface area contributed by atoms with Crippen LogP contribution in [0.15, 0.2) is 28.0 Å². The van der Waals surface area contributed by atoms with E-state index in [0.717, 1.165) is 29.9 Å². The monoisotopic (exact) mass is 267 g/mol. The first kappa shape index (κ1) is 10.6. The Morgan fingerprint density at radius 1 is 1.20 bits per heavy atom. The first-order chi connectivity index (χ1) is 7.16. The summed E-state index contributed by atoms with van der Waals surface area (Å²) in [7, 11) is 0. The molecule has 0 atom stereocenters. The molecule has 0 N–H and O–H groups in total. The molecular formula is C11H14BrN3. The zero-order valence-electron chi connectivity index (χ0n) is 9.00. The van der Waals surface area contributed by atoms with Gasteiger partial charge >= 0.3 is 0 Å². The van der Waals surface area contributed by atoms with Gasteiger partial charge in [-0.2, -0.15) is 0 Å². The van der Waals surface area contributed by atoms with Gasteiger partial charge in [0.25, 0.3) is 0 Å². The van der Waals surface area contributed by atoms with Crippen molar-refractivity contribution in [1.29, 1.82) is 0 Å². The zero-order chi connectivity index (χ0) is 10.8. The fourth-order valence-electron chi connectivity index (χ4n) is 1.66. The van der Waals surface area contributed by atoms with Crippen LogP contribution in [0.4, 0.5) is 5.95 Å². The van der Waals surface area contributed by atoms with Crippen molar-refractivity contribution in [2.45, 2.75) is 20.3 Å². The topological polar surface area (TPSA) is 29.0 Å². The average molecular weight is 268 g/mol. The van der Waals surface area contributed by atoms with Gasteiger partial charge < -0.3 is 4.90 Å². The van der Waals surface area contributed by atoms with Crippen LogP contribution in [0.25, 0.3) is 0 Å². The van der Waals surface area contributed by atoms with Crippen LogP contribution in [0.2, 0.25) is 0 Å². The van der Waals surface area contributed by atoms with Crippen LogP contribution in [-0.2, 0) is 0 Å². The van der Waals surface area contributed by atoms with E-state index in [9.17, 15) is 0 Å². The van der Waals surface area contributed by atoms with Crippen molar-refractivity contribution >= 4 is 21.9 Å². The lowest BCUT2D eigenvalue weighted by atomic mass is 10.0. The highest BCUT2D eigenvalue weighted by atomic mass is 79.9. The first-order valence-electron chi connectivity index (χ1n) is 5.04. The van der Waals surface area contributed by atoms with Gasteiger partial charge in [-0.1, -0.05) is 11.1 Å². The fraction of sp³-hybridized carbons (Fsp3) is 0.455. The molecular weight excluding hydrogens is 254 g/mol. The molecule has 0 saturated carbocycles. The number of nitrogens with zero attached hydrogens (tertiary/aromatic N) is 3. The molecule has 0 radical (unpaired) electrons. The largest absolute Gasteiger partial charge is 0.337 e. The highest BCUT2D eigenvalue weighted by Crippen LogP contribution is 2.20. The molecule has 2 heterocycles. The lowest BCUT2D eigenvalue weighted by Gasteiger charge is -2.28. The van der Waals surface area contributed by atoms with Gasteiger partial charge in [0.1, 0.15) is 0 Å². The van der Waals surface area contributed by atoms with Crippen LogP contribution in [0.3, 0.4) is 0 Å². The smallest absolute Gasteiger partial charge is 0.225 e. The highest BCUT2D eigenvalue weighted by molar-refractivity contribution is 9.10. The van der Waals surface area contributed by atoms with Gasteiger partial charge in [-0.05, 0) is 36.2 Å². The van der Waals surface area contributed by atoms with Crippen molar-refractivity contribution in [3.05, 3.63) is 28.0 Å². The van der Waals surface area contributed by atoms with Crippen molar-refractivity contribution in [3.63, 3.8) is 0 Å². The Balaban J connectivity index is 2.17. The number of hydrogen-bond acceptors (Lipinski definition) is 3. The molecule has 0 unspecified atom stereocenters. The Labute approximate surface area is 98.4 Å². The van der Waals surface area contributed by atoms with Crippen molar-refractivity contribution in [2.24, 2.45) is 0 Å². The molecule has 0 aliphatic carbocycles. The summed E-state index contributed by atoms with van der Waals surface area (Å²) in [5.74, 6) is 0.824. The first-order valence-corrected chi connectivity index (χ1v) is 5.84. The Kier molecular flexibility index (Phi) is 3.05. The predicted octanol–water partition coefficient (Wildman–Crippen LogP) is 2.79. The highest BCUT2D eigenvalue weighted by Gasteiger charge is 2.15. The lowest BCUT2D eigenvalue weighted by molar-refractivity contribution is 0.732. The zero-order valence-corrected chi connectivity index (χ0v) is 10.6. The van der Waals surface area contributed by atoms with Crippen molar-refractivity contribution in [2.75, 3.05) is 18.0 Å². The molecule has 0 bridgehead atoms. The normalized spacial score (nSPS) is 17.1. The molecule has 2 rings (SSSR count). The van der Waals surface area contributed by atoms with E-state index < -0.39 is 0 Å². The SMILES string of the molecule is CC1=C(C)CN(c2ncc(Br)cn2)CC1. The van der Waals surface area contributed by atoms with Crippen LogP contribution < -0.4 is 4.90 Å². The molecule has 0 fully saturated rings. The average Bonchev–Trinajstić information content (AvgIpc) is 2.23. The predicted molar refractivity (Wildman–Crippen MR) is 64.9 cm³/mol. The second-order valence-electron chi connectivity index (χ2n) is 3.93. The fourth-order valence-corrected chi connectivity index (χ4v) is 1.86. The number of aromatic nitrogens is 2. The van der Waals surface area contributed by atoms with E-state index in [0.29, 0.717) is 0 Å². The molecule has 1 aromatic rings. The minimum atomic E-state index is 0.824. The molecule has 15 heavy (non-hydrogen) atoms. The van der Waals surface area contributed by atoms with Gasteiger partial charge in [0, 0.05) is 25.5 Å². The molecule has 4 heteroatoms. The van der Waals surface area contributed by atoms with Crippen molar-refractivity contribution in [3.8, 4) is 0 Å². The van der Waals surface area contributed by atoms with Crippen LogP contribution in [0.1, 0.15) is 20.3 Å². The number of anilines is 1. The maximum atomic E-state index is 4.31. The van der Waals surface area contributed by atoms with E-state index in [1.54, 1.807) is 12.4 Å². The summed E-state index contributed by atoms with van der Waals surface area (Å²) in [6.07, 6.45) is 4.71.